The number of halogens is 2. The zero-order valence-corrected chi connectivity index (χ0v) is 19.2. The van der Waals surface area contributed by atoms with Crippen molar-refractivity contribution in [3.8, 4) is 5.75 Å². The van der Waals surface area contributed by atoms with Crippen molar-refractivity contribution in [1.82, 2.24) is 5.43 Å². The van der Waals surface area contributed by atoms with E-state index in [0.717, 1.165) is 20.0 Å². The van der Waals surface area contributed by atoms with E-state index in [-0.39, 0.29) is 11.7 Å². The molecule has 1 heterocycles. The lowest BCUT2D eigenvalue weighted by atomic mass is 10.3. The van der Waals surface area contributed by atoms with Gasteiger partial charge in [-0.15, -0.1) is 11.8 Å². The first-order valence-electron chi connectivity index (χ1n) is 8.35. The lowest BCUT2D eigenvalue weighted by molar-refractivity contribution is -0.118. The highest BCUT2D eigenvalue weighted by Gasteiger charge is 2.10. The van der Waals surface area contributed by atoms with E-state index in [9.17, 15) is 4.79 Å². The first kappa shape index (κ1) is 21.8. The second-order valence-corrected chi connectivity index (χ2v) is 8.98. The van der Waals surface area contributed by atoms with E-state index < -0.39 is 0 Å². The fraction of sp³-hybridized carbons (Fsp3) is 0.100. The Morgan fingerprint density at radius 2 is 1.90 bits per heavy atom. The van der Waals surface area contributed by atoms with Crippen LogP contribution < -0.4 is 10.2 Å². The molecular weight excluding hydrogens is 496 g/mol. The van der Waals surface area contributed by atoms with Crippen molar-refractivity contribution in [3.63, 3.8) is 0 Å². The van der Waals surface area contributed by atoms with Gasteiger partial charge in [-0.25, -0.2) is 5.43 Å². The average Bonchev–Trinajstić information content (AvgIpc) is 3.07. The molecule has 5 nitrogen and oxygen atoms in total. The molecule has 0 fully saturated rings. The van der Waals surface area contributed by atoms with Crippen LogP contribution in [-0.4, -0.2) is 25.0 Å². The van der Waals surface area contributed by atoms with Gasteiger partial charge in [-0.1, -0.05) is 23.4 Å². The van der Waals surface area contributed by atoms with Crippen LogP contribution >= 0.6 is 51.1 Å². The van der Waals surface area contributed by atoms with Gasteiger partial charge >= 0.3 is 0 Å². The van der Waals surface area contributed by atoms with Crippen molar-refractivity contribution in [2.45, 2.75) is 14.9 Å². The standard InChI is InChI=1S/C20H16BrClN2O3S2/c1-26-14-4-8-16(9-5-14)28-12-19(25)24-23-11-15-10-18(21)20(27-15)29-17-6-2-13(22)3-7-17/h2-11H,12H2,1H3,(H,24,25)/b23-11+. The Bertz CT molecular complexity index is 992. The van der Waals surface area contributed by atoms with Gasteiger partial charge in [0, 0.05) is 20.9 Å². The van der Waals surface area contributed by atoms with Gasteiger partial charge < -0.3 is 9.15 Å². The van der Waals surface area contributed by atoms with Crippen molar-refractivity contribution in [3.05, 3.63) is 69.9 Å². The molecule has 0 radical (unpaired) electrons. The van der Waals surface area contributed by atoms with E-state index in [4.69, 9.17) is 20.8 Å². The molecule has 1 aromatic heterocycles. The molecule has 150 valence electrons. The van der Waals surface area contributed by atoms with Crippen molar-refractivity contribution in [2.75, 3.05) is 12.9 Å². The molecule has 0 bridgehead atoms. The van der Waals surface area contributed by atoms with Gasteiger partial charge in [-0.05, 0) is 64.5 Å². The number of hydrazone groups is 1. The van der Waals surface area contributed by atoms with Crippen LogP contribution in [0.4, 0.5) is 0 Å². The second-order valence-electron chi connectivity index (χ2n) is 5.60. The summed E-state index contributed by atoms with van der Waals surface area (Å²) in [5, 5.41) is 5.33. The highest BCUT2D eigenvalue weighted by atomic mass is 79.9. The molecule has 0 atom stereocenters. The smallest absolute Gasteiger partial charge is 0.250 e. The van der Waals surface area contributed by atoms with Crippen LogP contribution in [-0.2, 0) is 4.79 Å². The summed E-state index contributed by atoms with van der Waals surface area (Å²) in [6, 6.07) is 16.8. The Balaban J connectivity index is 1.49. The summed E-state index contributed by atoms with van der Waals surface area (Å²) in [6.45, 7) is 0. The highest BCUT2D eigenvalue weighted by Crippen LogP contribution is 2.35. The summed E-state index contributed by atoms with van der Waals surface area (Å²) in [7, 11) is 1.62. The van der Waals surface area contributed by atoms with Gasteiger partial charge in [0.05, 0.1) is 23.5 Å². The number of carbonyl (C=O) groups excluding carboxylic acids is 1. The van der Waals surface area contributed by atoms with Gasteiger partial charge in [0.1, 0.15) is 11.5 Å². The van der Waals surface area contributed by atoms with E-state index in [2.05, 4.69) is 26.5 Å². The maximum absolute atomic E-state index is 11.9. The van der Waals surface area contributed by atoms with Gasteiger partial charge in [0.2, 0.25) is 5.91 Å². The van der Waals surface area contributed by atoms with E-state index in [0.29, 0.717) is 15.9 Å². The van der Waals surface area contributed by atoms with Gasteiger partial charge in [-0.2, -0.15) is 5.10 Å². The van der Waals surface area contributed by atoms with Gasteiger partial charge in [0.15, 0.2) is 5.09 Å². The Labute approximate surface area is 190 Å². The predicted octanol–water partition coefficient (Wildman–Crippen LogP) is 6.10. The number of methoxy groups -OCH3 is 1. The topological polar surface area (TPSA) is 63.8 Å². The molecule has 1 N–H and O–H groups in total. The quantitative estimate of drug-likeness (QED) is 0.225. The summed E-state index contributed by atoms with van der Waals surface area (Å²) < 4.78 is 11.7. The number of carbonyl (C=O) groups is 1. The maximum Gasteiger partial charge on any atom is 0.250 e. The zero-order valence-electron chi connectivity index (χ0n) is 15.2. The minimum absolute atomic E-state index is 0.205. The number of hydrogen-bond acceptors (Lipinski definition) is 6. The summed E-state index contributed by atoms with van der Waals surface area (Å²) in [5.74, 6) is 1.35. The van der Waals surface area contributed by atoms with Gasteiger partial charge in [0.25, 0.3) is 0 Å². The van der Waals surface area contributed by atoms with Crippen molar-refractivity contribution in [1.29, 1.82) is 0 Å². The lowest BCUT2D eigenvalue weighted by Gasteiger charge is -2.02. The third-order valence-corrected chi connectivity index (χ3v) is 6.62. The monoisotopic (exact) mass is 510 g/mol. The molecule has 9 heteroatoms. The minimum Gasteiger partial charge on any atom is -0.497 e. The minimum atomic E-state index is -0.205. The molecular formula is C20H16BrClN2O3S2. The molecule has 3 rings (SSSR count). The van der Waals surface area contributed by atoms with Gasteiger partial charge in [-0.3, -0.25) is 4.79 Å². The van der Waals surface area contributed by atoms with Crippen LogP contribution in [0.1, 0.15) is 5.76 Å². The first-order chi connectivity index (χ1) is 14.0. The SMILES string of the molecule is COc1ccc(SCC(=O)N/N=C/c2cc(Br)c(Sc3ccc(Cl)cc3)o2)cc1. The normalized spacial score (nSPS) is 11.0. The number of thioether (sulfide) groups is 1. The third kappa shape index (κ3) is 6.85. The Hall–Kier alpha value is -1.87. The van der Waals surface area contributed by atoms with E-state index >= 15 is 0 Å². The summed E-state index contributed by atoms with van der Waals surface area (Å²) in [5.41, 5.74) is 2.50. The molecule has 1 amide bonds. The maximum atomic E-state index is 11.9. The predicted molar refractivity (Wildman–Crippen MR) is 121 cm³/mol. The van der Waals surface area contributed by atoms with Crippen LogP contribution in [0.2, 0.25) is 5.02 Å². The lowest BCUT2D eigenvalue weighted by Crippen LogP contribution is -2.19. The number of nitrogens with one attached hydrogen (secondary N) is 1. The first-order valence-corrected chi connectivity index (χ1v) is 11.3. The van der Waals surface area contributed by atoms with E-state index in [1.807, 2.05) is 48.5 Å². The Morgan fingerprint density at radius 3 is 2.59 bits per heavy atom. The number of amides is 1. The molecule has 0 aliphatic heterocycles. The van der Waals surface area contributed by atoms with Crippen molar-refractivity contribution < 1.29 is 13.9 Å². The molecule has 0 saturated carbocycles. The second kappa shape index (κ2) is 10.8. The van der Waals surface area contributed by atoms with Crippen LogP contribution in [0, 0.1) is 0 Å². The van der Waals surface area contributed by atoms with Crippen LogP contribution in [0.25, 0.3) is 0 Å². The number of ether oxygens (including phenoxy) is 1. The summed E-state index contributed by atoms with van der Waals surface area (Å²) >= 11 is 12.2. The van der Waals surface area contributed by atoms with E-state index in [1.54, 1.807) is 13.2 Å². The van der Waals surface area contributed by atoms with Crippen LogP contribution in [0.5, 0.6) is 5.75 Å². The number of nitrogens with zero attached hydrogens (tertiary/aromatic N) is 1. The zero-order chi connectivity index (χ0) is 20.6. The molecule has 0 spiro atoms. The van der Waals surface area contributed by atoms with Crippen molar-refractivity contribution >= 4 is 63.2 Å². The Kier molecular flexibility index (Phi) is 8.11. The highest BCUT2D eigenvalue weighted by molar-refractivity contribution is 9.10. The van der Waals surface area contributed by atoms with Crippen LogP contribution in [0.15, 0.2) is 83.5 Å². The number of rotatable bonds is 8. The largest absolute Gasteiger partial charge is 0.497 e. The third-order valence-electron chi connectivity index (χ3n) is 3.51. The molecule has 0 aliphatic carbocycles. The fourth-order valence-corrected chi connectivity index (χ4v) is 4.28. The van der Waals surface area contributed by atoms with Crippen molar-refractivity contribution in [2.24, 2.45) is 5.10 Å². The molecule has 0 unspecified atom stereocenters. The van der Waals surface area contributed by atoms with Crippen LogP contribution in [0.3, 0.4) is 0 Å². The summed E-state index contributed by atoms with van der Waals surface area (Å²) in [4.78, 5) is 13.9. The molecule has 0 saturated heterocycles. The fourth-order valence-electron chi connectivity index (χ4n) is 2.13. The number of benzene rings is 2. The molecule has 29 heavy (non-hydrogen) atoms. The molecule has 2 aromatic carbocycles. The number of hydrogen-bond donors (Lipinski definition) is 1. The summed E-state index contributed by atoms with van der Waals surface area (Å²) in [6.07, 6.45) is 1.46. The molecule has 0 aliphatic rings. The average molecular weight is 512 g/mol. The number of furan rings is 1. The van der Waals surface area contributed by atoms with E-state index in [1.165, 1.54) is 29.7 Å². The Morgan fingerprint density at radius 1 is 1.21 bits per heavy atom. The molecule has 3 aromatic rings.